The fourth-order valence-corrected chi connectivity index (χ4v) is 3.59. The predicted octanol–water partition coefficient (Wildman–Crippen LogP) is 6.27. The average Bonchev–Trinajstić information content (AvgIpc) is 2.49. The molecule has 0 bridgehead atoms. The molecule has 1 N–H and O–H groups in total. The maximum atomic E-state index is 12.5. The average molecular weight is 356 g/mol. The summed E-state index contributed by atoms with van der Waals surface area (Å²) in [4.78, 5) is 12.5. The van der Waals surface area contributed by atoms with Crippen molar-refractivity contribution >= 4 is 5.78 Å². The lowest BCUT2D eigenvalue weighted by molar-refractivity contribution is -0.115. The van der Waals surface area contributed by atoms with Crippen LogP contribution in [0.3, 0.4) is 0 Å². The number of allylic oxidation sites excluding steroid dienone is 2. The fraction of sp³-hybridized carbons (Fsp3) is 0.542. The van der Waals surface area contributed by atoms with Crippen LogP contribution in [-0.4, -0.2) is 5.78 Å². The molecule has 2 heteroatoms. The van der Waals surface area contributed by atoms with Gasteiger partial charge in [0, 0.05) is 12.1 Å². The highest BCUT2D eigenvalue weighted by atomic mass is 16.1. The fourth-order valence-electron chi connectivity index (χ4n) is 3.59. The molecule has 0 aromatic heterocycles. The minimum absolute atomic E-state index is 0.0149. The third-order valence-corrected chi connectivity index (χ3v) is 5.21. The van der Waals surface area contributed by atoms with Crippen molar-refractivity contribution in [3.8, 4) is 0 Å². The Morgan fingerprint density at radius 3 is 2.19 bits per heavy atom. The van der Waals surface area contributed by atoms with Gasteiger partial charge in [0.05, 0.1) is 5.70 Å². The van der Waals surface area contributed by atoms with Gasteiger partial charge < -0.3 is 5.32 Å². The van der Waals surface area contributed by atoms with Crippen molar-refractivity contribution in [2.75, 3.05) is 0 Å². The molecule has 0 fully saturated rings. The number of nitrogens with one attached hydrogen (secondary N) is 1. The Kier molecular flexibility index (Phi) is 7.44. The summed E-state index contributed by atoms with van der Waals surface area (Å²) >= 11 is 0. The molecule has 0 radical (unpaired) electrons. The molecule has 2 nitrogen and oxygen atoms in total. The first kappa shape index (κ1) is 22.2. The first-order chi connectivity index (χ1) is 11.8. The third kappa shape index (κ3) is 7.19. The van der Waals surface area contributed by atoms with E-state index in [0.29, 0.717) is 17.5 Å². The molecule has 1 aromatic carbocycles. The lowest BCUT2D eigenvalue weighted by atomic mass is 9.72. The highest BCUT2D eigenvalue weighted by Crippen LogP contribution is 2.39. The van der Waals surface area contributed by atoms with Crippen molar-refractivity contribution in [2.45, 2.75) is 74.1 Å². The van der Waals surface area contributed by atoms with E-state index in [2.05, 4.69) is 79.1 Å². The lowest BCUT2D eigenvalue weighted by Gasteiger charge is -2.35. The third-order valence-electron chi connectivity index (χ3n) is 5.21. The second-order valence-electron chi connectivity index (χ2n) is 9.26. The van der Waals surface area contributed by atoms with Crippen molar-refractivity contribution in [3.05, 3.63) is 59.4 Å². The van der Waals surface area contributed by atoms with E-state index in [4.69, 9.17) is 0 Å². The molecule has 0 saturated carbocycles. The van der Waals surface area contributed by atoms with E-state index in [-0.39, 0.29) is 11.2 Å². The summed E-state index contributed by atoms with van der Waals surface area (Å²) in [6.07, 6.45) is 3.45. The first-order valence-electron chi connectivity index (χ1n) is 9.58. The molecule has 144 valence electrons. The molecule has 1 rings (SSSR count). The summed E-state index contributed by atoms with van der Waals surface area (Å²) < 4.78 is 0. The van der Waals surface area contributed by atoms with Crippen LogP contribution < -0.4 is 5.32 Å². The van der Waals surface area contributed by atoms with Gasteiger partial charge in [-0.3, -0.25) is 4.79 Å². The normalized spacial score (nSPS) is 12.0. The number of Topliss-reactive ketones (excluding diaryl/α,β-unsaturated/α-hetero) is 1. The Labute approximate surface area is 160 Å². The number of rotatable bonds is 10. The van der Waals surface area contributed by atoms with Crippen molar-refractivity contribution in [1.82, 2.24) is 5.32 Å². The van der Waals surface area contributed by atoms with Crippen LogP contribution in [0.5, 0.6) is 0 Å². The smallest absolute Gasteiger partial charge is 0.182 e. The Bertz CT molecular complexity index is 679. The number of aryl methyl sites for hydroxylation is 2. The van der Waals surface area contributed by atoms with Crippen molar-refractivity contribution < 1.29 is 4.79 Å². The summed E-state index contributed by atoms with van der Waals surface area (Å²) in [6, 6.07) is 6.15. The molecule has 0 unspecified atom stereocenters. The number of benzene rings is 1. The monoisotopic (exact) mass is 355 g/mol. The zero-order valence-corrected chi connectivity index (χ0v) is 17.9. The number of carbonyl (C=O) groups is 1. The van der Waals surface area contributed by atoms with Gasteiger partial charge in [-0.2, -0.15) is 0 Å². The van der Waals surface area contributed by atoms with Gasteiger partial charge >= 0.3 is 0 Å². The van der Waals surface area contributed by atoms with E-state index < -0.39 is 0 Å². The summed E-state index contributed by atoms with van der Waals surface area (Å²) in [5, 5.41) is 3.15. The molecule has 26 heavy (non-hydrogen) atoms. The highest BCUT2D eigenvalue weighted by Gasteiger charge is 2.28. The molecule has 1 aromatic rings. The first-order valence-corrected chi connectivity index (χ1v) is 9.58. The van der Waals surface area contributed by atoms with Gasteiger partial charge in [-0.05, 0) is 54.2 Å². The van der Waals surface area contributed by atoms with Gasteiger partial charge in [-0.25, -0.2) is 0 Å². The van der Waals surface area contributed by atoms with Crippen LogP contribution in [0, 0.1) is 24.7 Å². The van der Waals surface area contributed by atoms with Gasteiger partial charge in [-0.1, -0.05) is 72.4 Å². The molecule has 0 aliphatic rings. The van der Waals surface area contributed by atoms with Gasteiger partial charge in [0.2, 0.25) is 0 Å². The summed E-state index contributed by atoms with van der Waals surface area (Å²) in [5.41, 5.74) is 5.19. The maximum absolute atomic E-state index is 12.5. The summed E-state index contributed by atoms with van der Waals surface area (Å²) in [7, 11) is 0. The SMILES string of the molecule is C=C(CC(C)(C)CC(C)(C)CC)NC(=C)C(=O)Cc1ccc(C)c(C)c1. The zero-order chi connectivity index (χ0) is 20.1. The minimum Gasteiger partial charge on any atom is -0.357 e. The van der Waals surface area contributed by atoms with Crippen LogP contribution in [0.15, 0.2) is 42.8 Å². The number of carbonyl (C=O) groups excluding carboxylic acids is 1. The highest BCUT2D eigenvalue weighted by molar-refractivity contribution is 5.96. The molecule has 0 atom stereocenters. The Morgan fingerprint density at radius 1 is 1.04 bits per heavy atom. The molecular weight excluding hydrogens is 318 g/mol. The van der Waals surface area contributed by atoms with Crippen molar-refractivity contribution in [3.63, 3.8) is 0 Å². The van der Waals surface area contributed by atoms with Crippen LogP contribution in [0.25, 0.3) is 0 Å². The van der Waals surface area contributed by atoms with Crippen LogP contribution in [0.2, 0.25) is 0 Å². The molecule has 0 aliphatic heterocycles. The molecular formula is C24H37NO. The van der Waals surface area contributed by atoms with E-state index in [0.717, 1.165) is 30.5 Å². The summed E-state index contributed by atoms with van der Waals surface area (Å²) in [6.45, 7) is 23.6. The van der Waals surface area contributed by atoms with Crippen LogP contribution in [-0.2, 0) is 11.2 Å². The van der Waals surface area contributed by atoms with Crippen LogP contribution in [0.1, 0.15) is 70.6 Å². The van der Waals surface area contributed by atoms with Crippen LogP contribution in [0.4, 0.5) is 0 Å². The number of ketones is 1. The second-order valence-corrected chi connectivity index (χ2v) is 9.26. The lowest BCUT2D eigenvalue weighted by Crippen LogP contribution is -2.27. The van der Waals surface area contributed by atoms with E-state index in [1.807, 2.05) is 6.07 Å². The molecule has 0 spiro atoms. The topological polar surface area (TPSA) is 29.1 Å². The predicted molar refractivity (Wildman–Crippen MR) is 113 cm³/mol. The van der Waals surface area contributed by atoms with E-state index in [1.54, 1.807) is 0 Å². The summed E-state index contributed by atoms with van der Waals surface area (Å²) in [5.74, 6) is 0.0149. The molecule has 0 heterocycles. The number of hydrogen-bond acceptors (Lipinski definition) is 2. The Morgan fingerprint density at radius 2 is 1.65 bits per heavy atom. The minimum atomic E-state index is 0.0149. The largest absolute Gasteiger partial charge is 0.357 e. The quantitative estimate of drug-likeness (QED) is 0.501. The van der Waals surface area contributed by atoms with E-state index in [9.17, 15) is 4.79 Å². The van der Waals surface area contributed by atoms with E-state index >= 15 is 0 Å². The Balaban J connectivity index is 2.61. The van der Waals surface area contributed by atoms with Gasteiger partial charge in [-0.15, -0.1) is 0 Å². The van der Waals surface area contributed by atoms with E-state index in [1.165, 1.54) is 11.1 Å². The molecule has 0 saturated heterocycles. The maximum Gasteiger partial charge on any atom is 0.182 e. The molecule has 0 aliphatic carbocycles. The standard InChI is InChI=1S/C24H37NO/c1-10-23(6,7)16-24(8,9)15-19(4)25-20(5)22(26)14-21-12-11-17(2)18(3)13-21/h11-13,25H,4-5,10,14-16H2,1-3,6-9H3. The van der Waals surface area contributed by atoms with Crippen molar-refractivity contribution in [1.29, 1.82) is 0 Å². The van der Waals surface area contributed by atoms with Crippen LogP contribution >= 0.6 is 0 Å². The second kappa shape index (κ2) is 8.70. The Hall–Kier alpha value is -1.83. The van der Waals surface area contributed by atoms with Crippen molar-refractivity contribution in [2.24, 2.45) is 10.8 Å². The van der Waals surface area contributed by atoms with Gasteiger partial charge in [0.25, 0.3) is 0 Å². The molecule has 0 amide bonds. The van der Waals surface area contributed by atoms with Gasteiger partial charge in [0.15, 0.2) is 5.78 Å². The zero-order valence-electron chi connectivity index (χ0n) is 17.9. The number of hydrogen-bond donors (Lipinski definition) is 1. The van der Waals surface area contributed by atoms with Gasteiger partial charge in [0.1, 0.15) is 0 Å².